The van der Waals surface area contributed by atoms with Gasteiger partial charge in [-0.1, -0.05) is 37.0 Å². The van der Waals surface area contributed by atoms with Crippen LogP contribution in [0.2, 0.25) is 10.0 Å². The molecule has 0 atom stereocenters. The van der Waals surface area contributed by atoms with Crippen molar-refractivity contribution < 1.29 is 9.53 Å². The summed E-state index contributed by atoms with van der Waals surface area (Å²) in [4.78, 5) is 11.1. The maximum Gasteiger partial charge on any atom is 0.153 e. The fourth-order valence-electron chi connectivity index (χ4n) is 2.03. The molecule has 0 bridgehead atoms. The average Bonchev–Trinajstić information content (AvgIpc) is 2.41. The van der Waals surface area contributed by atoms with E-state index in [0.29, 0.717) is 22.1 Å². The van der Waals surface area contributed by atoms with E-state index in [1.807, 2.05) is 19.1 Å². The zero-order chi connectivity index (χ0) is 15.6. The molecule has 0 aliphatic heterocycles. The third-order valence-corrected chi connectivity index (χ3v) is 3.80. The molecule has 0 unspecified atom stereocenters. The minimum Gasteiger partial charge on any atom is -0.456 e. The largest absolute Gasteiger partial charge is 0.456 e. The van der Waals surface area contributed by atoms with Crippen LogP contribution in [0.1, 0.15) is 41.3 Å². The van der Waals surface area contributed by atoms with Gasteiger partial charge in [0.15, 0.2) is 6.29 Å². The fraction of sp³-hybridized carbons (Fsp3) is 0.235. The molecule has 0 heterocycles. The monoisotopic (exact) mass is 322 g/mol. The third kappa shape index (κ3) is 3.58. The van der Waals surface area contributed by atoms with E-state index in [1.54, 1.807) is 18.2 Å². The molecule has 0 spiro atoms. The lowest BCUT2D eigenvalue weighted by Crippen LogP contribution is -1.96. The minimum absolute atomic E-state index is 0.283. The van der Waals surface area contributed by atoms with E-state index in [2.05, 4.69) is 13.8 Å². The Kier molecular flexibility index (Phi) is 4.92. The van der Waals surface area contributed by atoms with Gasteiger partial charge in [-0.2, -0.15) is 0 Å². The quantitative estimate of drug-likeness (QED) is 0.642. The molecule has 2 aromatic rings. The third-order valence-electron chi connectivity index (χ3n) is 3.24. The van der Waals surface area contributed by atoms with Gasteiger partial charge in [-0.25, -0.2) is 0 Å². The van der Waals surface area contributed by atoms with Gasteiger partial charge in [-0.05, 0) is 48.2 Å². The summed E-state index contributed by atoms with van der Waals surface area (Å²) in [6.45, 7) is 6.05. The molecule has 2 nitrogen and oxygen atoms in total. The maximum absolute atomic E-state index is 11.1. The highest BCUT2D eigenvalue weighted by Gasteiger charge is 2.12. The number of hydrogen-bond donors (Lipinski definition) is 0. The number of benzene rings is 2. The zero-order valence-corrected chi connectivity index (χ0v) is 13.6. The van der Waals surface area contributed by atoms with Crippen molar-refractivity contribution in [3.63, 3.8) is 0 Å². The molecule has 21 heavy (non-hydrogen) atoms. The highest BCUT2D eigenvalue weighted by Crippen LogP contribution is 2.35. The van der Waals surface area contributed by atoms with E-state index in [4.69, 9.17) is 27.9 Å². The van der Waals surface area contributed by atoms with Crippen LogP contribution in [0.3, 0.4) is 0 Å². The number of carbonyl (C=O) groups is 1. The minimum atomic E-state index is 0.283. The second kappa shape index (κ2) is 6.50. The first kappa shape index (κ1) is 15.9. The predicted octanol–water partition coefficient (Wildman–Crippen LogP) is 6.03. The van der Waals surface area contributed by atoms with Gasteiger partial charge in [0.05, 0.1) is 5.56 Å². The number of rotatable bonds is 4. The molecule has 0 aliphatic carbocycles. The Morgan fingerprint density at radius 1 is 1.10 bits per heavy atom. The molecular weight excluding hydrogens is 307 g/mol. The molecule has 0 aliphatic rings. The van der Waals surface area contributed by atoms with Crippen molar-refractivity contribution in [3.05, 3.63) is 57.1 Å². The number of aldehydes is 1. The Balaban J connectivity index is 2.46. The van der Waals surface area contributed by atoms with E-state index in [-0.39, 0.29) is 5.92 Å². The van der Waals surface area contributed by atoms with Gasteiger partial charge >= 0.3 is 0 Å². The van der Waals surface area contributed by atoms with Crippen molar-refractivity contribution in [1.29, 1.82) is 0 Å². The van der Waals surface area contributed by atoms with Gasteiger partial charge in [0.25, 0.3) is 0 Å². The van der Waals surface area contributed by atoms with Crippen LogP contribution in [0.15, 0.2) is 30.3 Å². The number of aryl methyl sites for hydroxylation is 1. The predicted molar refractivity (Wildman–Crippen MR) is 87.2 cm³/mol. The Bertz CT molecular complexity index is 679. The molecule has 4 heteroatoms. The molecule has 2 aromatic carbocycles. The highest BCUT2D eigenvalue weighted by atomic mass is 35.5. The molecule has 2 rings (SSSR count). The Labute approximate surface area is 134 Å². The van der Waals surface area contributed by atoms with Crippen molar-refractivity contribution >= 4 is 29.5 Å². The van der Waals surface area contributed by atoms with Crippen molar-refractivity contribution in [1.82, 2.24) is 0 Å². The molecule has 0 N–H and O–H groups in total. The smallest absolute Gasteiger partial charge is 0.153 e. The van der Waals surface area contributed by atoms with Gasteiger partial charge in [-0.3, -0.25) is 4.79 Å². The standard InChI is InChI=1S/C17H16Cl2O2/c1-10(2)14-8-16(11(3)6-15(14)19)21-17-7-13(18)5-4-12(17)9-20/h4-10H,1-3H3. The van der Waals surface area contributed by atoms with Crippen LogP contribution in [-0.4, -0.2) is 6.29 Å². The van der Waals surface area contributed by atoms with Crippen LogP contribution in [0, 0.1) is 6.92 Å². The summed E-state index contributed by atoms with van der Waals surface area (Å²) in [5.74, 6) is 1.40. The molecule has 0 saturated heterocycles. The van der Waals surface area contributed by atoms with Gasteiger partial charge in [-0.15, -0.1) is 0 Å². The van der Waals surface area contributed by atoms with Crippen molar-refractivity contribution in [2.24, 2.45) is 0 Å². The normalized spacial score (nSPS) is 10.8. The molecule has 0 aromatic heterocycles. The second-order valence-electron chi connectivity index (χ2n) is 5.20. The first-order valence-corrected chi connectivity index (χ1v) is 7.40. The Morgan fingerprint density at radius 2 is 1.81 bits per heavy atom. The Hall–Kier alpha value is -1.51. The topological polar surface area (TPSA) is 26.3 Å². The lowest BCUT2D eigenvalue weighted by molar-refractivity contribution is 0.112. The average molecular weight is 323 g/mol. The summed E-state index contributed by atoms with van der Waals surface area (Å²) in [6.07, 6.45) is 0.750. The number of ether oxygens (including phenoxy) is 1. The summed E-state index contributed by atoms with van der Waals surface area (Å²) in [6, 6.07) is 8.72. The van der Waals surface area contributed by atoms with E-state index in [1.165, 1.54) is 0 Å². The van der Waals surface area contributed by atoms with Gasteiger partial charge in [0, 0.05) is 16.1 Å². The van der Waals surface area contributed by atoms with E-state index >= 15 is 0 Å². The summed E-state index contributed by atoms with van der Waals surface area (Å²) in [5.41, 5.74) is 2.37. The van der Waals surface area contributed by atoms with Crippen LogP contribution >= 0.6 is 23.2 Å². The van der Waals surface area contributed by atoms with Crippen LogP contribution < -0.4 is 4.74 Å². The zero-order valence-electron chi connectivity index (χ0n) is 12.1. The number of carbonyl (C=O) groups excluding carboxylic acids is 1. The van der Waals surface area contributed by atoms with Crippen LogP contribution in [0.4, 0.5) is 0 Å². The summed E-state index contributed by atoms with van der Waals surface area (Å²) in [5, 5.41) is 1.24. The van der Waals surface area contributed by atoms with Gasteiger partial charge < -0.3 is 4.74 Å². The van der Waals surface area contributed by atoms with Crippen LogP contribution in [-0.2, 0) is 0 Å². The Morgan fingerprint density at radius 3 is 2.43 bits per heavy atom. The SMILES string of the molecule is Cc1cc(Cl)c(C(C)C)cc1Oc1cc(Cl)ccc1C=O. The van der Waals surface area contributed by atoms with Crippen molar-refractivity contribution in [2.45, 2.75) is 26.7 Å². The summed E-state index contributed by atoms with van der Waals surface area (Å²) in [7, 11) is 0. The number of halogens is 2. The van der Waals surface area contributed by atoms with Crippen LogP contribution in [0.25, 0.3) is 0 Å². The first-order valence-electron chi connectivity index (χ1n) is 6.65. The van der Waals surface area contributed by atoms with E-state index in [0.717, 1.165) is 22.4 Å². The van der Waals surface area contributed by atoms with Crippen molar-refractivity contribution in [2.75, 3.05) is 0 Å². The van der Waals surface area contributed by atoms with Crippen LogP contribution in [0.5, 0.6) is 11.5 Å². The molecule has 110 valence electrons. The van der Waals surface area contributed by atoms with E-state index < -0.39 is 0 Å². The lowest BCUT2D eigenvalue weighted by Gasteiger charge is -2.15. The molecule has 0 radical (unpaired) electrons. The fourth-order valence-corrected chi connectivity index (χ4v) is 2.63. The molecule has 0 amide bonds. The summed E-state index contributed by atoms with van der Waals surface area (Å²) >= 11 is 12.2. The highest BCUT2D eigenvalue weighted by molar-refractivity contribution is 6.31. The molecule has 0 saturated carbocycles. The number of hydrogen-bond acceptors (Lipinski definition) is 2. The first-order chi connectivity index (χ1) is 9.92. The van der Waals surface area contributed by atoms with Gasteiger partial charge in [0.1, 0.15) is 11.5 Å². The summed E-state index contributed by atoms with van der Waals surface area (Å²) < 4.78 is 5.88. The van der Waals surface area contributed by atoms with Crippen molar-refractivity contribution in [3.8, 4) is 11.5 Å². The van der Waals surface area contributed by atoms with E-state index in [9.17, 15) is 4.79 Å². The lowest BCUT2D eigenvalue weighted by atomic mass is 10.0. The maximum atomic E-state index is 11.1. The second-order valence-corrected chi connectivity index (χ2v) is 6.04. The molecule has 0 fully saturated rings. The van der Waals surface area contributed by atoms with Gasteiger partial charge in [0.2, 0.25) is 0 Å². The molecular formula is C17H16Cl2O2.